The van der Waals surface area contributed by atoms with Crippen molar-refractivity contribution in [1.82, 2.24) is 9.97 Å². The number of methoxy groups -OCH3 is 1. The van der Waals surface area contributed by atoms with Gasteiger partial charge in [-0.05, 0) is 6.42 Å². The van der Waals surface area contributed by atoms with Gasteiger partial charge in [0, 0.05) is 17.5 Å². The summed E-state index contributed by atoms with van der Waals surface area (Å²) in [5, 5.41) is 0.0939. The lowest BCUT2D eigenvalue weighted by molar-refractivity contribution is 0.392. The molecule has 1 heterocycles. The van der Waals surface area contributed by atoms with E-state index in [2.05, 4.69) is 16.9 Å². The van der Waals surface area contributed by atoms with Crippen molar-refractivity contribution in [2.45, 2.75) is 31.6 Å². The molecule has 78 valence electrons. The molecule has 0 aromatic carbocycles. The van der Waals surface area contributed by atoms with Crippen LogP contribution in [-0.2, 0) is 0 Å². The summed E-state index contributed by atoms with van der Waals surface area (Å²) in [4.78, 5) is 8.34. The largest absolute Gasteiger partial charge is 0.480 e. The fraction of sp³-hybridized carbons (Fsp3) is 0.600. The molecule has 2 unspecified atom stereocenters. The molecule has 3 nitrogen and oxygen atoms in total. The molecule has 0 N–H and O–H groups in total. The van der Waals surface area contributed by atoms with E-state index in [4.69, 9.17) is 16.3 Å². The number of halogens is 1. The highest BCUT2D eigenvalue weighted by molar-refractivity contribution is 6.21. The maximum Gasteiger partial charge on any atom is 0.232 e. The van der Waals surface area contributed by atoms with Gasteiger partial charge in [0.25, 0.3) is 0 Å². The molecule has 0 amide bonds. The van der Waals surface area contributed by atoms with Crippen molar-refractivity contribution in [2.75, 3.05) is 7.11 Å². The number of hydrogen-bond donors (Lipinski definition) is 0. The molecule has 0 radical (unpaired) electrons. The highest BCUT2D eigenvalue weighted by atomic mass is 35.5. The summed E-state index contributed by atoms with van der Waals surface area (Å²) in [6.07, 6.45) is 4.24. The first-order chi connectivity index (χ1) is 6.69. The van der Waals surface area contributed by atoms with Gasteiger partial charge in [0.05, 0.1) is 19.0 Å². The molecule has 2 atom stereocenters. The Morgan fingerprint density at radius 3 is 2.79 bits per heavy atom. The average molecular weight is 215 g/mol. The van der Waals surface area contributed by atoms with Crippen LogP contribution >= 0.6 is 11.6 Å². The highest BCUT2D eigenvalue weighted by Gasteiger charge is 2.16. The Bertz CT molecular complexity index is 293. The lowest BCUT2D eigenvalue weighted by atomic mass is 10.0. The fourth-order valence-corrected chi connectivity index (χ4v) is 1.35. The molecule has 1 rings (SSSR count). The second-order valence-electron chi connectivity index (χ2n) is 3.20. The van der Waals surface area contributed by atoms with Crippen LogP contribution in [0.15, 0.2) is 12.4 Å². The fourth-order valence-electron chi connectivity index (χ4n) is 1.22. The van der Waals surface area contributed by atoms with Crippen LogP contribution in [0.4, 0.5) is 0 Å². The van der Waals surface area contributed by atoms with Gasteiger partial charge < -0.3 is 4.74 Å². The predicted octanol–water partition coefficient (Wildman–Crippen LogP) is 2.61. The summed E-state index contributed by atoms with van der Waals surface area (Å²) in [7, 11) is 1.58. The zero-order valence-corrected chi connectivity index (χ0v) is 9.45. The van der Waals surface area contributed by atoms with Crippen LogP contribution in [0.2, 0.25) is 0 Å². The molecule has 0 aliphatic heterocycles. The zero-order valence-electron chi connectivity index (χ0n) is 8.70. The van der Waals surface area contributed by atoms with Crippen LogP contribution in [0.25, 0.3) is 0 Å². The average Bonchev–Trinajstić information content (AvgIpc) is 2.27. The standard InChI is InChI=1S/C10H15ClN2O/c1-4-8(11)7(2)9-5-12-6-10(13-9)14-3/h5-8H,4H2,1-3H3. The molecular formula is C10H15ClN2O. The number of nitrogens with zero attached hydrogens (tertiary/aromatic N) is 2. The topological polar surface area (TPSA) is 35.0 Å². The van der Waals surface area contributed by atoms with Crippen LogP contribution in [-0.4, -0.2) is 22.5 Å². The third-order valence-corrected chi connectivity index (χ3v) is 2.93. The maximum atomic E-state index is 6.14. The minimum absolute atomic E-state index is 0.0939. The molecule has 4 heteroatoms. The molecule has 0 fully saturated rings. The summed E-state index contributed by atoms with van der Waals surface area (Å²) in [5.41, 5.74) is 0.881. The van der Waals surface area contributed by atoms with Crippen LogP contribution in [0, 0.1) is 0 Å². The monoisotopic (exact) mass is 214 g/mol. The van der Waals surface area contributed by atoms with E-state index in [1.54, 1.807) is 19.5 Å². The van der Waals surface area contributed by atoms with Crippen LogP contribution in [0.3, 0.4) is 0 Å². The van der Waals surface area contributed by atoms with E-state index in [1.807, 2.05) is 6.92 Å². The Labute approximate surface area is 89.5 Å². The minimum Gasteiger partial charge on any atom is -0.480 e. The van der Waals surface area contributed by atoms with Gasteiger partial charge >= 0.3 is 0 Å². The number of aromatic nitrogens is 2. The van der Waals surface area contributed by atoms with Crippen LogP contribution in [0.5, 0.6) is 5.88 Å². The Kier molecular flexibility index (Phi) is 4.14. The van der Waals surface area contributed by atoms with Gasteiger partial charge in [-0.15, -0.1) is 11.6 Å². The van der Waals surface area contributed by atoms with Gasteiger partial charge in [-0.3, -0.25) is 4.98 Å². The SMILES string of the molecule is CCC(Cl)C(C)c1cncc(OC)n1. The van der Waals surface area contributed by atoms with Crippen molar-refractivity contribution in [3.63, 3.8) is 0 Å². The van der Waals surface area contributed by atoms with Crippen molar-refractivity contribution in [3.8, 4) is 5.88 Å². The highest BCUT2D eigenvalue weighted by Crippen LogP contribution is 2.24. The molecule has 14 heavy (non-hydrogen) atoms. The van der Waals surface area contributed by atoms with E-state index in [0.717, 1.165) is 12.1 Å². The molecule has 0 aliphatic rings. The Morgan fingerprint density at radius 2 is 2.21 bits per heavy atom. The van der Waals surface area contributed by atoms with Crippen molar-refractivity contribution < 1.29 is 4.74 Å². The summed E-state index contributed by atoms with van der Waals surface area (Å²) in [6.45, 7) is 4.10. The van der Waals surface area contributed by atoms with Crippen LogP contribution < -0.4 is 4.74 Å². The predicted molar refractivity (Wildman–Crippen MR) is 56.9 cm³/mol. The molecule has 1 aromatic rings. The molecule has 0 bridgehead atoms. The first kappa shape index (κ1) is 11.2. The van der Waals surface area contributed by atoms with E-state index in [0.29, 0.717) is 5.88 Å². The van der Waals surface area contributed by atoms with Crippen molar-refractivity contribution in [2.24, 2.45) is 0 Å². The van der Waals surface area contributed by atoms with E-state index in [9.17, 15) is 0 Å². The normalized spacial score (nSPS) is 14.9. The summed E-state index contributed by atoms with van der Waals surface area (Å²) >= 11 is 6.14. The minimum atomic E-state index is 0.0939. The van der Waals surface area contributed by atoms with Gasteiger partial charge in [0.1, 0.15) is 0 Å². The van der Waals surface area contributed by atoms with Gasteiger partial charge in [0.15, 0.2) is 0 Å². The van der Waals surface area contributed by atoms with Crippen LogP contribution in [0.1, 0.15) is 31.9 Å². The lowest BCUT2D eigenvalue weighted by Crippen LogP contribution is -2.10. The van der Waals surface area contributed by atoms with Gasteiger partial charge in [-0.25, -0.2) is 4.98 Å². The summed E-state index contributed by atoms with van der Waals surface area (Å²) in [6, 6.07) is 0. The Balaban J connectivity index is 2.83. The summed E-state index contributed by atoms with van der Waals surface area (Å²) in [5.74, 6) is 0.735. The van der Waals surface area contributed by atoms with E-state index < -0.39 is 0 Å². The molecule has 0 saturated carbocycles. The third kappa shape index (κ3) is 2.58. The molecule has 1 aromatic heterocycles. The lowest BCUT2D eigenvalue weighted by Gasteiger charge is -2.15. The smallest absolute Gasteiger partial charge is 0.232 e. The third-order valence-electron chi connectivity index (χ3n) is 2.24. The van der Waals surface area contributed by atoms with E-state index in [1.165, 1.54) is 0 Å². The van der Waals surface area contributed by atoms with E-state index >= 15 is 0 Å². The second-order valence-corrected chi connectivity index (χ2v) is 3.76. The first-order valence-corrected chi connectivity index (χ1v) is 5.12. The first-order valence-electron chi connectivity index (χ1n) is 4.69. The van der Waals surface area contributed by atoms with Gasteiger partial charge in [-0.2, -0.15) is 0 Å². The Morgan fingerprint density at radius 1 is 1.50 bits per heavy atom. The molecule has 0 spiro atoms. The number of ether oxygens (including phenoxy) is 1. The van der Waals surface area contributed by atoms with Crippen molar-refractivity contribution in [3.05, 3.63) is 18.1 Å². The zero-order chi connectivity index (χ0) is 10.6. The molecule has 0 saturated heterocycles. The number of hydrogen-bond acceptors (Lipinski definition) is 3. The van der Waals surface area contributed by atoms with Gasteiger partial charge in [0.2, 0.25) is 5.88 Å². The number of alkyl halides is 1. The van der Waals surface area contributed by atoms with Gasteiger partial charge in [-0.1, -0.05) is 13.8 Å². The van der Waals surface area contributed by atoms with Crippen molar-refractivity contribution in [1.29, 1.82) is 0 Å². The number of rotatable bonds is 4. The molecule has 0 aliphatic carbocycles. The van der Waals surface area contributed by atoms with Crippen molar-refractivity contribution >= 4 is 11.6 Å². The summed E-state index contributed by atoms with van der Waals surface area (Å²) < 4.78 is 5.00. The quantitative estimate of drug-likeness (QED) is 0.723. The van der Waals surface area contributed by atoms with E-state index in [-0.39, 0.29) is 11.3 Å². The maximum absolute atomic E-state index is 6.14. The Hall–Kier alpha value is -0.830. The molecular weight excluding hydrogens is 200 g/mol. The second kappa shape index (κ2) is 5.15.